The van der Waals surface area contributed by atoms with Gasteiger partial charge in [-0.05, 0) is 37.1 Å². The highest BCUT2D eigenvalue weighted by Crippen LogP contribution is 2.19. The molecule has 1 heterocycles. The second-order valence-corrected chi connectivity index (χ2v) is 5.88. The zero-order chi connectivity index (χ0) is 16.8. The maximum absolute atomic E-state index is 13.4. The molecular weight excluding hydrogens is 307 g/mol. The lowest BCUT2D eigenvalue weighted by Crippen LogP contribution is -2.46. The van der Waals surface area contributed by atoms with E-state index in [4.69, 9.17) is 4.74 Å². The lowest BCUT2D eigenvalue weighted by Gasteiger charge is -2.33. The van der Waals surface area contributed by atoms with Crippen LogP contribution in [-0.4, -0.2) is 31.6 Å². The van der Waals surface area contributed by atoms with E-state index in [1.807, 2.05) is 18.2 Å². The molecule has 1 fully saturated rings. The van der Waals surface area contributed by atoms with E-state index in [-0.39, 0.29) is 24.3 Å². The standard InChI is InChI=1S/C19H21FN2O2/c20-17-8-4-5-9-18(17)24-14-19(23)21-15-10-12-22(13-11-15)16-6-2-1-3-7-16/h1-9,15H,10-14H2,(H,21,23). The van der Waals surface area contributed by atoms with Crippen LogP contribution in [0.15, 0.2) is 54.6 Å². The largest absolute Gasteiger partial charge is 0.481 e. The van der Waals surface area contributed by atoms with Gasteiger partial charge in [0.2, 0.25) is 0 Å². The molecule has 1 aliphatic rings. The van der Waals surface area contributed by atoms with Crippen LogP contribution in [0.2, 0.25) is 0 Å². The van der Waals surface area contributed by atoms with Gasteiger partial charge in [-0.2, -0.15) is 0 Å². The minimum absolute atomic E-state index is 0.103. The van der Waals surface area contributed by atoms with Crippen molar-refractivity contribution in [2.75, 3.05) is 24.6 Å². The number of carbonyl (C=O) groups excluding carboxylic acids is 1. The first-order chi connectivity index (χ1) is 11.7. The minimum Gasteiger partial charge on any atom is -0.481 e. The summed E-state index contributed by atoms with van der Waals surface area (Å²) in [4.78, 5) is 14.3. The Balaban J connectivity index is 1.43. The number of amides is 1. The number of carbonyl (C=O) groups is 1. The molecule has 0 aliphatic carbocycles. The van der Waals surface area contributed by atoms with Crippen LogP contribution < -0.4 is 15.0 Å². The number of rotatable bonds is 5. The van der Waals surface area contributed by atoms with Crippen LogP contribution in [0.25, 0.3) is 0 Å². The Morgan fingerprint density at radius 3 is 2.46 bits per heavy atom. The lowest BCUT2D eigenvalue weighted by atomic mass is 10.0. The molecule has 0 atom stereocenters. The number of benzene rings is 2. The second-order valence-electron chi connectivity index (χ2n) is 5.88. The Bertz CT molecular complexity index is 670. The number of hydrogen-bond acceptors (Lipinski definition) is 3. The predicted octanol–water partition coefficient (Wildman–Crippen LogP) is 2.99. The maximum Gasteiger partial charge on any atom is 0.258 e. The molecule has 1 aliphatic heterocycles. The number of para-hydroxylation sites is 2. The van der Waals surface area contributed by atoms with E-state index in [2.05, 4.69) is 22.3 Å². The van der Waals surface area contributed by atoms with Crippen molar-refractivity contribution in [1.82, 2.24) is 5.32 Å². The van der Waals surface area contributed by atoms with Crippen LogP contribution in [0.4, 0.5) is 10.1 Å². The van der Waals surface area contributed by atoms with Crippen molar-refractivity contribution in [1.29, 1.82) is 0 Å². The van der Waals surface area contributed by atoms with E-state index in [0.29, 0.717) is 0 Å². The molecule has 1 N–H and O–H groups in total. The fourth-order valence-electron chi connectivity index (χ4n) is 2.90. The molecule has 1 saturated heterocycles. The fourth-order valence-corrected chi connectivity index (χ4v) is 2.90. The first kappa shape index (κ1) is 16.3. The van der Waals surface area contributed by atoms with Gasteiger partial charge in [-0.1, -0.05) is 30.3 Å². The number of anilines is 1. The summed E-state index contributed by atoms with van der Waals surface area (Å²) in [6, 6.07) is 16.5. The Kier molecular flexibility index (Phi) is 5.31. The number of hydrogen-bond donors (Lipinski definition) is 1. The monoisotopic (exact) mass is 328 g/mol. The quantitative estimate of drug-likeness (QED) is 0.917. The second kappa shape index (κ2) is 7.81. The average Bonchev–Trinajstić information content (AvgIpc) is 2.62. The van der Waals surface area contributed by atoms with Crippen LogP contribution >= 0.6 is 0 Å². The van der Waals surface area contributed by atoms with Crippen molar-refractivity contribution in [2.45, 2.75) is 18.9 Å². The van der Waals surface area contributed by atoms with Gasteiger partial charge in [0.05, 0.1) is 0 Å². The van der Waals surface area contributed by atoms with Crippen LogP contribution in [0.3, 0.4) is 0 Å². The molecule has 0 unspecified atom stereocenters. The normalized spacial score (nSPS) is 15.1. The predicted molar refractivity (Wildman–Crippen MR) is 91.7 cm³/mol. The summed E-state index contributed by atoms with van der Waals surface area (Å²) in [6.07, 6.45) is 1.78. The highest BCUT2D eigenvalue weighted by atomic mass is 19.1. The number of piperidine rings is 1. The summed E-state index contributed by atoms with van der Waals surface area (Å²) in [5, 5.41) is 2.97. The first-order valence-corrected chi connectivity index (χ1v) is 8.19. The molecule has 0 saturated carbocycles. The summed E-state index contributed by atoms with van der Waals surface area (Å²) in [6.45, 7) is 1.64. The van der Waals surface area contributed by atoms with E-state index in [1.165, 1.54) is 17.8 Å². The van der Waals surface area contributed by atoms with Crippen LogP contribution in [-0.2, 0) is 4.79 Å². The molecule has 4 nitrogen and oxygen atoms in total. The molecule has 3 rings (SSSR count). The van der Waals surface area contributed by atoms with Crippen molar-refractivity contribution in [3.05, 3.63) is 60.4 Å². The van der Waals surface area contributed by atoms with E-state index in [0.717, 1.165) is 25.9 Å². The zero-order valence-electron chi connectivity index (χ0n) is 13.5. The van der Waals surface area contributed by atoms with Gasteiger partial charge in [-0.15, -0.1) is 0 Å². The van der Waals surface area contributed by atoms with Gasteiger partial charge in [0.1, 0.15) is 0 Å². The highest BCUT2D eigenvalue weighted by molar-refractivity contribution is 5.77. The first-order valence-electron chi connectivity index (χ1n) is 8.19. The minimum atomic E-state index is -0.457. The highest BCUT2D eigenvalue weighted by Gasteiger charge is 2.21. The molecule has 0 aromatic heterocycles. The molecule has 0 bridgehead atoms. The molecule has 2 aromatic carbocycles. The SMILES string of the molecule is O=C(COc1ccccc1F)NC1CCN(c2ccccc2)CC1. The number of nitrogens with zero attached hydrogens (tertiary/aromatic N) is 1. The third-order valence-electron chi connectivity index (χ3n) is 4.18. The Morgan fingerprint density at radius 1 is 1.08 bits per heavy atom. The zero-order valence-corrected chi connectivity index (χ0v) is 13.5. The Morgan fingerprint density at radius 2 is 1.75 bits per heavy atom. The molecule has 5 heteroatoms. The lowest BCUT2D eigenvalue weighted by molar-refractivity contribution is -0.124. The molecule has 2 aromatic rings. The number of nitrogens with one attached hydrogen (secondary N) is 1. The average molecular weight is 328 g/mol. The number of halogens is 1. The van der Waals surface area contributed by atoms with Crippen molar-refractivity contribution >= 4 is 11.6 Å². The van der Waals surface area contributed by atoms with E-state index >= 15 is 0 Å². The summed E-state index contributed by atoms with van der Waals surface area (Å²) in [5.41, 5.74) is 1.21. The van der Waals surface area contributed by atoms with Crippen molar-refractivity contribution in [3.63, 3.8) is 0 Å². The van der Waals surface area contributed by atoms with Gasteiger partial charge in [0, 0.05) is 24.8 Å². The van der Waals surface area contributed by atoms with Gasteiger partial charge in [0.15, 0.2) is 18.2 Å². The molecule has 0 radical (unpaired) electrons. The third kappa shape index (κ3) is 4.25. The van der Waals surface area contributed by atoms with E-state index < -0.39 is 5.82 Å². The topological polar surface area (TPSA) is 41.6 Å². The van der Waals surface area contributed by atoms with Gasteiger partial charge in [-0.25, -0.2) is 4.39 Å². The molecule has 24 heavy (non-hydrogen) atoms. The van der Waals surface area contributed by atoms with Gasteiger partial charge in [0.25, 0.3) is 5.91 Å². The van der Waals surface area contributed by atoms with Crippen molar-refractivity contribution in [3.8, 4) is 5.75 Å². The number of ether oxygens (including phenoxy) is 1. The van der Waals surface area contributed by atoms with Crippen LogP contribution in [0.1, 0.15) is 12.8 Å². The summed E-state index contributed by atoms with van der Waals surface area (Å²) in [5.74, 6) is -0.565. The van der Waals surface area contributed by atoms with Gasteiger partial charge >= 0.3 is 0 Å². The van der Waals surface area contributed by atoms with Crippen LogP contribution in [0.5, 0.6) is 5.75 Å². The van der Waals surface area contributed by atoms with Gasteiger partial charge in [-0.3, -0.25) is 4.79 Å². The Labute approximate surface area is 141 Å². The molecular formula is C19H21FN2O2. The molecule has 1 amide bonds. The third-order valence-corrected chi connectivity index (χ3v) is 4.18. The maximum atomic E-state index is 13.4. The Hall–Kier alpha value is -2.56. The summed E-state index contributed by atoms with van der Waals surface area (Å²) >= 11 is 0. The summed E-state index contributed by atoms with van der Waals surface area (Å²) in [7, 11) is 0. The van der Waals surface area contributed by atoms with E-state index in [9.17, 15) is 9.18 Å². The van der Waals surface area contributed by atoms with Crippen LogP contribution in [0, 0.1) is 5.82 Å². The smallest absolute Gasteiger partial charge is 0.258 e. The fraction of sp³-hybridized carbons (Fsp3) is 0.316. The summed E-state index contributed by atoms with van der Waals surface area (Å²) < 4.78 is 18.7. The van der Waals surface area contributed by atoms with Gasteiger partial charge < -0.3 is 15.0 Å². The van der Waals surface area contributed by atoms with Crippen molar-refractivity contribution < 1.29 is 13.9 Å². The van der Waals surface area contributed by atoms with E-state index in [1.54, 1.807) is 12.1 Å². The van der Waals surface area contributed by atoms with Crippen molar-refractivity contribution in [2.24, 2.45) is 0 Å². The molecule has 126 valence electrons. The molecule has 0 spiro atoms.